The summed E-state index contributed by atoms with van der Waals surface area (Å²) < 4.78 is 22.4. The lowest BCUT2D eigenvalue weighted by molar-refractivity contribution is -0.234. The molecule has 0 aromatic carbocycles. The summed E-state index contributed by atoms with van der Waals surface area (Å²) in [4.78, 5) is 47.0. The van der Waals surface area contributed by atoms with E-state index in [-0.39, 0.29) is 16.8 Å². The molecule has 9 nitrogen and oxygen atoms in total. The number of nitrogens with one attached hydrogen (secondary N) is 1. The van der Waals surface area contributed by atoms with Gasteiger partial charge in [0.15, 0.2) is 18.3 Å². The average Bonchev–Trinajstić information content (AvgIpc) is 2.55. The van der Waals surface area contributed by atoms with Crippen molar-refractivity contribution < 1.29 is 38.1 Å². The first kappa shape index (κ1) is 25.6. The predicted molar refractivity (Wildman–Crippen MR) is 111 cm³/mol. The highest BCUT2D eigenvalue weighted by Crippen LogP contribution is 2.34. The molecule has 0 aromatic rings. The van der Waals surface area contributed by atoms with Crippen molar-refractivity contribution in [3.8, 4) is 0 Å². The maximum absolute atomic E-state index is 11.8. The zero-order chi connectivity index (χ0) is 22.3. The van der Waals surface area contributed by atoms with Crippen LogP contribution in [0.3, 0.4) is 0 Å². The minimum atomic E-state index is -1.08. The van der Waals surface area contributed by atoms with Gasteiger partial charge in [-0.3, -0.25) is 19.2 Å². The van der Waals surface area contributed by atoms with Crippen molar-refractivity contribution in [3.05, 3.63) is 0 Å². The van der Waals surface area contributed by atoms with E-state index in [1.165, 1.54) is 39.5 Å². The van der Waals surface area contributed by atoms with Gasteiger partial charge in [-0.15, -0.1) is 11.8 Å². The molecule has 0 aliphatic carbocycles. The Labute approximate surface area is 178 Å². The van der Waals surface area contributed by atoms with Gasteiger partial charge >= 0.3 is 17.9 Å². The Morgan fingerprint density at radius 1 is 0.931 bits per heavy atom. The summed E-state index contributed by atoms with van der Waals surface area (Å²) in [7, 11) is -0.0795. The van der Waals surface area contributed by atoms with Gasteiger partial charge in [-0.25, -0.2) is 0 Å². The lowest BCUT2D eigenvalue weighted by Gasteiger charge is -2.46. The number of esters is 3. The molecule has 166 valence electrons. The molecular formula is C18H30NO8S2+. The number of hydrogen-bond acceptors (Lipinski definition) is 9. The van der Waals surface area contributed by atoms with E-state index < -0.39 is 53.8 Å². The van der Waals surface area contributed by atoms with Crippen LogP contribution in [0.2, 0.25) is 0 Å². The van der Waals surface area contributed by atoms with Gasteiger partial charge in [-0.1, -0.05) is 0 Å². The second kappa shape index (κ2) is 11.7. The van der Waals surface area contributed by atoms with Gasteiger partial charge in [-0.05, 0) is 17.2 Å². The van der Waals surface area contributed by atoms with Crippen LogP contribution < -0.4 is 5.32 Å². The third kappa shape index (κ3) is 8.06. The van der Waals surface area contributed by atoms with Gasteiger partial charge in [0.1, 0.15) is 23.3 Å². The minimum Gasteiger partial charge on any atom is -0.456 e. The lowest BCUT2D eigenvalue weighted by atomic mass is 9.94. The first-order chi connectivity index (χ1) is 13.5. The third-order valence-electron chi connectivity index (χ3n) is 3.97. The fourth-order valence-corrected chi connectivity index (χ4v) is 4.87. The van der Waals surface area contributed by atoms with E-state index in [0.717, 1.165) is 0 Å². The maximum atomic E-state index is 11.8. The Balaban J connectivity index is 3.42. The Kier molecular flexibility index (Phi) is 10.3. The zero-order valence-corrected chi connectivity index (χ0v) is 19.4. The van der Waals surface area contributed by atoms with E-state index in [1.54, 1.807) is 6.26 Å². The smallest absolute Gasteiger partial charge is 0.303 e. The van der Waals surface area contributed by atoms with Crippen LogP contribution in [-0.2, 0) is 49.0 Å². The second-order valence-electron chi connectivity index (χ2n) is 6.89. The SMILES string of the molecule is CS[C@H]1O[C@H]([C@H](C[S+](C)C)NC(C)=O)[C@H](OC(C)=O)[C@H](OC(C)=O)[C@H]1OC(C)=O. The normalized spacial score (nSPS) is 27.7. The molecule has 0 spiro atoms. The highest BCUT2D eigenvalue weighted by molar-refractivity contribution is 7.99. The molecule has 1 N–H and O–H groups in total. The summed E-state index contributed by atoms with van der Waals surface area (Å²) in [6.07, 6.45) is 1.85. The number of rotatable bonds is 8. The molecule has 0 saturated carbocycles. The molecular weight excluding hydrogens is 422 g/mol. The Bertz CT molecular complexity index is 615. The predicted octanol–water partition coefficient (Wildman–Crippen LogP) is 0.252. The molecule has 29 heavy (non-hydrogen) atoms. The van der Waals surface area contributed by atoms with E-state index in [9.17, 15) is 19.2 Å². The molecule has 1 rings (SSSR count). The van der Waals surface area contributed by atoms with Crippen molar-refractivity contribution >= 4 is 46.5 Å². The first-order valence-electron chi connectivity index (χ1n) is 8.97. The fourth-order valence-electron chi connectivity index (χ4n) is 3.16. The lowest BCUT2D eigenvalue weighted by Crippen LogP contribution is -2.66. The summed E-state index contributed by atoms with van der Waals surface area (Å²) in [6.45, 7) is 5.06. The molecule has 11 heteroatoms. The summed E-state index contributed by atoms with van der Waals surface area (Å²) in [5.74, 6) is -1.52. The van der Waals surface area contributed by atoms with E-state index >= 15 is 0 Å². The molecule has 0 aromatic heterocycles. The highest BCUT2D eigenvalue weighted by atomic mass is 32.2. The van der Waals surface area contributed by atoms with Gasteiger partial charge in [0.2, 0.25) is 5.91 Å². The molecule has 0 radical (unpaired) electrons. The van der Waals surface area contributed by atoms with Gasteiger partial charge in [0.25, 0.3) is 0 Å². The Morgan fingerprint density at radius 2 is 1.41 bits per heavy atom. The van der Waals surface area contributed by atoms with Gasteiger partial charge in [0.05, 0.1) is 12.5 Å². The van der Waals surface area contributed by atoms with Gasteiger partial charge in [0, 0.05) is 27.7 Å². The quantitative estimate of drug-likeness (QED) is 0.314. The molecule has 1 fully saturated rings. The van der Waals surface area contributed by atoms with Crippen LogP contribution in [0.1, 0.15) is 27.7 Å². The van der Waals surface area contributed by atoms with Gasteiger partial charge < -0.3 is 24.3 Å². The summed E-state index contributed by atoms with van der Waals surface area (Å²) in [5, 5.41) is 2.85. The number of carbonyl (C=O) groups is 4. The minimum absolute atomic E-state index is 0.0795. The van der Waals surface area contributed by atoms with Crippen LogP contribution in [0, 0.1) is 0 Å². The second-order valence-corrected chi connectivity index (χ2v) is 10.1. The van der Waals surface area contributed by atoms with Crippen LogP contribution in [0.15, 0.2) is 0 Å². The largest absolute Gasteiger partial charge is 0.456 e. The van der Waals surface area contributed by atoms with E-state index in [1.807, 2.05) is 12.5 Å². The number of amides is 1. The van der Waals surface area contributed by atoms with Crippen molar-refractivity contribution in [2.24, 2.45) is 0 Å². The van der Waals surface area contributed by atoms with Crippen LogP contribution in [-0.4, -0.2) is 84.2 Å². The summed E-state index contributed by atoms with van der Waals surface area (Å²) >= 11 is 1.26. The maximum Gasteiger partial charge on any atom is 0.303 e. The number of carbonyl (C=O) groups excluding carboxylic acids is 4. The molecule has 1 heterocycles. The van der Waals surface area contributed by atoms with Crippen molar-refractivity contribution in [2.75, 3.05) is 24.5 Å². The fraction of sp³-hybridized carbons (Fsp3) is 0.778. The highest BCUT2D eigenvalue weighted by Gasteiger charge is 2.54. The van der Waals surface area contributed by atoms with Crippen LogP contribution >= 0.6 is 11.8 Å². The van der Waals surface area contributed by atoms with Crippen LogP contribution in [0.5, 0.6) is 0 Å². The average molecular weight is 453 g/mol. The van der Waals surface area contributed by atoms with E-state index in [2.05, 4.69) is 5.32 Å². The van der Waals surface area contributed by atoms with Crippen LogP contribution in [0.25, 0.3) is 0 Å². The van der Waals surface area contributed by atoms with E-state index in [0.29, 0.717) is 5.75 Å². The third-order valence-corrected chi connectivity index (χ3v) is 5.84. The molecule has 0 unspecified atom stereocenters. The first-order valence-corrected chi connectivity index (χ1v) is 12.5. The van der Waals surface area contributed by atoms with Crippen LogP contribution in [0.4, 0.5) is 0 Å². The topological polar surface area (TPSA) is 117 Å². The van der Waals surface area contributed by atoms with Crippen molar-refractivity contribution in [1.29, 1.82) is 0 Å². The van der Waals surface area contributed by atoms with Crippen molar-refractivity contribution in [2.45, 2.75) is 63.6 Å². The molecule has 1 aliphatic heterocycles. The van der Waals surface area contributed by atoms with Crippen molar-refractivity contribution in [1.82, 2.24) is 5.32 Å². The van der Waals surface area contributed by atoms with Gasteiger partial charge in [-0.2, -0.15) is 0 Å². The molecule has 1 amide bonds. The molecule has 6 atom stereocenters. The van der Waals surface area contributed by atoms with E-state index in [4.69, 9.17) is 18.9 Å². The molecule has 0 bridgehead atoms. The number of hydrogen-bond donors (Lipinski definition) is 1. The zero-order valence-electron chi connectivity index (χ0n) is 17.8. The molecule has 1 aliphatic rings. The summed E-state index contributed by atoms with van der Waals surface area (Å²) in [5.41, 5.74) is -0.688. The number of thioether (sulfide) groups is 1. The summed E-state index contributed by atoms with van der Waals surface area (Å²) in [6, 6.07) is -0.499. The Morgan fingerprint density at radius 3 is 1.83 bits per heavy atom. The number of ether oxygens (including phenoxy) is 4. The standard InChI is InChI=1S/C18H29NO8S2/c1-9(20)19-13(8-29(6)7)14-15(24-10(2)21)16(25-11(3)22)17(26-12(4)23)18(27-14)28-5/h13-18H,8H2,1-7H3/p+1/t13-,14+,15-,16-,17+,18+/m0/s1. The Hall–Kier alpha value is -1.46. The monoisotopic (exact) mass is 452 g/mol. The molecule has 1 saturated heterocycles. The van der Waals surface area contributed by atoms with Crippen molar-refractivity contribution in [3.63, 3.8) is 0 Å².